The number of hydrogen-bond donors (Lipinski definition) is 2. The van der Waals surface area contributed by atoms with Crippen LogP contribution in [0.3, 0.4) is 0 Å². The number of carbonyl (C=O) groups excluding carboxylic acids is 1. The monoisotopic (exact) mass is 429 g/mol. The number of amides is 1. The molecular weight excluding hydrogens is 416 g/mol. The highest BCUT2D eigenvalue weighted by atomic mass is 32.2. The third kappa shape index (κ3) is 4.47. The van der Waals surface area contributed by atoms with Gasteiger partial charge in [-0.2, -0.15) is 17.9 Å². The molecule has 2 rings (SSSR count). The third-order valence-electron chi connectivity index (χ3n) is 3.63. The first-order valence-electron chi connectivity index (χ1n) is 7.44. The fourth-order valence-electron chi connectivity index (χ4n) is 2.08. The zero-order valence-corrected chi connectivity index (χ0v) is 15.1. The van der Waals surface area contributed by atoms with E-state index in [1.54, 1.807) is 0 Å². The predicted octanol–water partition coefficient (Wildman–Crippen LogP) is 2.92. The SMILES string of the molecule is C[C@H](NS(=O)(=O)c1cc(C(=O)Nc2ccc(F)c(F)c2F)n(C)c1)C(F)(F)F. The molecule has 6 nitrogen and oxygen atoms in total. The van der Waals surface area contributed by atoms with Gasteiger partial charge in [-0.1, -0.05) is 0 Å². The average molecular weight is 429 g/mol. The van der Waals surface area contributed by atoms with Crippen molar-refractivity contribution >= 4 is 21.6 Å². The molecule has 0 unspecified atom stereocenters. The summed E-state index contributed by atoms with van der Waals surface area (Å²) >= 11 is 0. The molecule has 0 aliphatic rings. The Morgan fingerprint density at radius 2 is 1.75 bits per heavy atom. The number of anilines is 1. The summed E-state index contributed by atoms with van der Waals surface area (Å²) in [5.41, 5.74) is -1.09. The highest BCUT2D eigenvalue weighted by Gasteiger charge is 2.39. The molecule has 1 aromatic heterocycles. The summed E-state index contributed by atoms with van der Waals surface area (Å²) in [5.74, 6) is -6.07. The third-order valence-corrected chi connectivity index (χ3v) is 5.14. The van der Waals surface area contributed by atoms with Crippen LogP contribution in [0.2, 0.25) is 0 Å². The van der Waals surface area contributed by atoms with E-state index in [-0.39, 0.29) is 5.69 Å². The average Bonchev–Trinajstić information content (AvgIpc) is 2.97. The van der Waals surface area contributed by atoms with Crippen molar-refractivity contribution in [1.29, 1.82) is 0 Å². The maximum atomic E-state index is 13.6. The molecular formula is C15H13F6N3O3S. The quantitative estimate of drug-likeness (QED) is 0.567. The second kappa shape index (κ2) is 7.47. The van der Waals surface area contributed by atoms with E-state index in [1.165, 1.54) is 11.8 Å². The number of halogens is 6. The smallest absolute Gasteiger partial charge is 0.345 e. The Labute approximate surface area is 155 Å². The summed E-state index contributed by atoms with van der Waals surface area (Å²) in [6, 6.07) is -0.319. The van der Waals surface area contributed by atoms with Gasteiger partial charge in [0.2, 0.25) is 10.0 Å². The zero-order chi connectivity index (χ0) is 21.4. The second-order valence-electron chi connectivity index (χ2n) is 5.73. The van der Waals surface area contributed by atoms with Gasteiger partial charge in [0.25, 0.3) is 5.91 Å². The molecule has 0 aliphatic heterocycles. The van der Waals surface area contributed by atoms with Gasteiger partial charge in [0.05, 0.1) is 5.69 Å². The normalized spacial score (nSPS) is 13.4. The van der Waals surface area contributed by atoms with Gasteiger partial charge in [-0.05, 0) is 25.1 Å². The maximum Gasteiger partial charge on any atom is 0.404 e. The van der Waals surface area contributed by atoms with Crippen molar-refractivity contribution < 1.29 is 39.6 Å². The molecule has 2 aromatic rings. The van der Waals surface area contributed by atoms with Gasteiger partial charge in [-0.25, -0.2) is 21.6 Å². The van der Waals surface area contributed by atoms with Crippen molar-refractivity contribution in [3.63, 3.8) is 0 Å². The van der Waals surface area contributed by atoms with Gasteiger partial charge in [-0.3, -0.25) is 4.79 Å². The van der Waals surface area contributed by atoms with Crippen LogP contribution in [0.25, 0.3) is 0 Å². The van der Waals surface area contributed by atoms with Crippen LogP contribution >= 0.6 is 0 Å². The van der Waals surface area contributed by atoms with E-state index in [2.05, 4.69) is 0 Å². The molecule has 0 spiro atoms. The molecule has 0 radical (unpaired) electrons. The Balaban J connectivity index is 2.29. The highest BCUT2D eigenvalue weighted by Crippen LogP contribution is 2.23. The summed E-state index contributed by atoms with van der Waals surface area (Å²) in [6.45, 7) is 0.597. The van der Waals surface area contributed by atoms with E-state index in [9.17, 15) is 39.6 Å². The summed E-state index contributed by atoms with van der Waals surface area (Å²) < 4.78 is 104. The number of hydrogen-bond acceptors (Lipinski definition) is 3. The summed E-state index contributed by atoms with van der Waals surface area (Å²) in [6.07, 6.45) is -3.96. The van der Waals surface area contributed by atoms with Gasteiger partial charge < -0.3 is 9.88 Å². The lowest BCUT2D eigenvalue weighted by Crippen LogP contribution is -2.42. The molecule has 154 valence electrons. The Kier molecular flexibility index (Phi) is 5.80. The molecule has 0 fully saturated rings. The van der Waals surface area contributed by atoms with Crippen molar-refractivity contribution in [3.05, 3.63) is 47.5 Å². The molecule has 13 heteroatoms. The van der Waals surface area contributed by atoms with Crippen molar-refractivity contribution in [3.8, 4) is 0 Å². The molecule has 0 saturated heterocycles. The lowest BCUT2D eigenvalue weighted by Gasteiger charge is -2.16. The Morgan fingerprint density at radius 1 is 1.14 bits per heavy atom. The standard InChI is InChI=1S/C15H13F6N3O3S/c1-7(15(19,20)21)23-28(26,27)8-5-11(24(2)6-8)14(25)22-10-4-3-9(16)12(17)13(10)18/h3-7,23H,1-2H3,(H,22,25)/t7-/m0/s1. The largest absolute Gasteiger partial charge is 0.404 e. The van der Waals surface area contributed by atoms with E-state index in [0.717, 1.165) is 22.9 Å². The molecule has 1 amide bonds. The van der Waals surface area contributed by atoms with Crippen molar-refractivity contribution in [1.82, 2.24) is 9.29 Å². The zero-order valence-electron chi connectivity index (χ0n) is 14.2. The van der Waals surface area contributed by atoms with E-state index in [4.69, 9.17) is 0 Å². The minimum Gasteiger partial charge on any atom is -0.345 e. The Bertz CT molecular complexity index is 1020. The van der Waals surface area contributed by atoms with Gasteiger partial charge in [0, 0.05) is 13.2 Å². The molecule has 1 atom stereocenters. The molecule has 0 aliphatic carbocycles. The van der Waals surface area contributed by atoms with Crippen molar-refractivity contribution in [2.75, 3.05) is 5.32 Å². The first-order valence-corrected chi connectivity index (χ1v) is 8.92. The number of benzene rings is 1. The van der Waals surface area contributed by atoms with E-state index in [1.807, 2.05) is 5.32 Å². The van der Waals surface area contributed by atoms with Gasteiger partial charge in [-0.15, -0.1) is 0 Å². The number of carbonyl (C=O) groups is 1. The lowest BCUT2D eigenvalue weighted by molar-refractivity contribution is -0.147. The Hall–Kier alpha value is -2.54. The molecule has 1 heterocycles. The molecule has 0 saturated carbocycles. The highest BCUT2D eigenvalue weighted by molar-refractivity contribution is 7.89. The van der Waals surface area contributed by atoms with Gasteiger partial charge in [0.15, 0.2) is 17.5 Å². The number of rotatable bonds is 5. The summed E-state index contributed by atoms with van der Waals surface area (Å²) in [5, 5.41) is 1.93. The van der Waals surface area contributed by atoms with Crippen LogP contribution in [0.5, 0.6) is 0 Å². The van der Waals surface area contributed by atoms with Crippen LogP contribution in [-0.2, 0) is 17.1 Å². The van der Waals surface area contributed by atoms with Crippen LogP contribution in [0.15, 0.2) is 29.3 Å². The number of nitrogens with one attached hydrogen (secondary N) is 2. The first-order chi connectivity index (χ1) is 12.7. The van der Waals surface area contributed by atoms with Crippen LogP contribution in [0.1, 0.15) is 17.4 Å². The van der Waals surface area contributed by atoms with E-state index < -0.39 is 56.2 Å². The Morgan fingerprint density at radius 3 is 2.32 bits per heavy atom. The second-order valence-corrected chi connectivity index (χ2v) is 7.45. The fourth-order valence-corrected chi connectivity index (χ4v) is 3.38. The predicted molar refractivity (Wildman–Crippen MR) is 85.5 cm³/mol. The number of sulfonamides is 1. The van der Waals surface area contributed by atoms with Crippen LogP contribution in [-0.4, -0.2) is 31.1 Å². The van der Waals surface area contributed by atoms with E-state index >= 15 is 0 Å². The van der Waals surface area contributed by atoms with Crippen LogP contribution < -0.4 is 10.0 Å². The summed E-state index contributed by atoms with van der Waals surface area (Å²) in [7, 11) is -3.41. The number of nitrogens with zero attached hydrogens (tertiary/aromatic N) is 1. The molecule has 2 N–H and O–H groups in total. The number of alkyl halides is 3. The number of aryl methyl sites for hydroxylation is 1. The van der Waals surface area contributed by atoms with Crippen molar-refractivity contribution in [2.24, 2.45) is 7.05 Å². The van der Waals surface area contributed by atoms with E-state index in [0.29, 0.717) is 13.0 Å². The van der Waals surface area contributed by atoms with Gasteiger partial charge >= 0.3 is 6.18 Å². The fraction of sp³-hybridized carbons (Fsp3) is 0.267. The first kappa shape index (κ1) is 21.8. The van der Waals surface area contributed by atoms with Crippen LogP contribution in [0, 0.1) is 17.5 Å². The number of aromatic nitrogens is 1. The molecule has 0 bridgehead atoms. The molecule has 28 heavy (non-hydrogen) atoms. The minimum atomic E-state index is -4.83. The molecule has 1 aromatic carbocycles. The van der Waals surface area contributed by atoms with Crippen molar-refractivity contribution in [2.45, 2.75) is 24.0 Å². The van der Waals surface area contributed by atoms with Crippen LogP contribution in [0.4, 0.5) is 32.0 Å². The minimum absolute atomic E-state index is 0.385. The lowest BCUT2D eigenvalue weighted by atomic mass is 10.2. The maximum absolute atomic E-state index is 13.6. The topological polar surface area (TPSA) is 80.2 Å². The summed E-state index contributed by atoms with van der Waals surface area (Å²) in [4.78, 5) is 11.5. The van der Waals surface area contributed by atoms with Gasteiger partial charge in [0.1, 0.15) is 16.6 Å².